The summed E-state index contributed by atoms with van der Waals surface area (Å²) in [4.78, 5) is 23.1. The lowest BCUT2D eigenvalue weighted by molar-refractivity contribution is -0.132. The molecule has 0 unspecified atom stereocenters. The molecule has 2 aromatic carbocycles. The minimum atomic E-state index is -4.13. The highest BCUT2D eigenvalue weighted by molar-refractivity contribution is 7.92. The molecule has 0 atom stereocenters. The Hall–Kier alpha value is -4.05. The molecule has 0 bridgehead atoms. The number of rotatable bonds is 8. The van der Waals surface area contributed by atoms with Crippen LogP contribution in [-0.4, -0.2) is 41.4 Å². The summed E-state index contributed by atoms with van der Waals surface area (Å²) in [5.74, 6) is 1.06. The van der Waals surface area contributed by atoms with E-state index in [0.717, 1.165) is 5.56 Å². The first-order valence-corrected chi connectivity index (χ1v) is 14.0. The number of hydrogen-bond donors (Lipinski definition) is 1. The minimum Gasteiger partial charge on any atom is -0.359 e. The van der Waals surface area contributed by atoms with Gasteiger partial charge in [0.15, 0.2) is 11.6 Å². The van der Waals surface area contributed by atoms with Gasteiger partial charge in [-0.05, 0) is 42.5 Å². The van der Waals surface area contributed by atoms with E-state index >= 15 is 0 Å². The van der Waals surface area contributed by atoms with Crippen LogP contribution in [0.15, 0.2) is 70.3 Å². The first-order chi connectivity index (χ1) is 18.4. The van der Waals surface area contributed by atoms with E-state index in [0.29, 0.717) is 46.8 Å². The standard InChI is InChI=1S/C29H33N5O4S/c1-19-20(2)38-32-27(19)33-39(36,37)25-16-21(28-30-14-9-15-31-28)12-13-24(25)23-11-8-7-10-22(23)18-34(6)26(35)17-29(3,4)5/h7-16H,17-18H2,1-6H3,(H,32,33). The molecule has 0 saturated heterocycles. The molecule has 0 radical (unpaired) electrons. The summed E-state index contributed by atoms with van der Waals surface area (Å²) >= 11 is 0. The number of aromatic nitrogens is 3. The lowest BCUT2D eigenvalue weighted by Gasteiger charge is -2.24. The van der Waals surface area contributed by atoms with Crippen molar-refractivity contribution in [2.24, 2.45) is 5.41 Å². The normalized spacial score (nSPS) is 11.8. The number of nitrogens with zero attached hydrogens (tertiary/aromatic N) is 4. The number of hydrogen-bond acceptors (Lipinski definition) is 7. The average Bonchev–Trinajstić information content (AvgIpc) is 3.20. The Labute approximate surface area is 229 Å². The monoisotopic (exact) mass is 547 g/mol. The van der Waals surface area contributed by atoms with E-state index in [-0.39, 0.29) is 22.0 Å². The molecule has 39 heavy (non-hydrogen) atoms. The van der Waals surface area contributed by atoms with Crippen LogP contribution in [0.5, 0.6) is 0 Å². The molecule has 0 aliphatic rings. The molecule has 4 aromatic rings. The van der Waals surface area contributed by atoms with Crippen molar-refractivity contribution in [2.75, 3.05) is 11.8 Å². The van der Waals surface area contributed by atoms with Crippen molar-refractivity contribution < 1.29 is 17.7 Å². The topological polar surface area (TPSA) is 118 Å². The number of anilines is 1. The van der Waals surface area contributed by atoms with E-state index in [4.69, 9.17) is 4.52 Å². The van der Waals surface area contributed by atoms with Crippen LogP contribution in [0, 0.1) is 19.3 Å². The van der Waals surface area contributed by atoms with Gasteiger partial charge in [-0.25, -0.2) is 18.4 Å². The third-order valence-electron chi connectivity index (χ3n) is 6.31. The highest BCUT2D eigenvalue weighted by Crippen LogP contribution is 2.35. The maximum atomic E-state index is 13.8. The molecule has 0 fully saturated rings. The maximum absolute atomic E-state index is 13.8. The SMILES string of the molecule is Cc1onc(NS(=O)(=O)c2cc(-c3ncccn3)ccc2-c2ccccc2CN(C)C(=O)CC(C)(C)C)c1C. The summed E-state index contributed by atoms with van der Waals surface area (Å²) in [7, 11) is -2.37. The number of carbonyl (C=O) groups excluding carboxylic acids is 1. The second-order valence-electron chi connectivity index (χ2n) is 10.7. The minimum absolute atomic E-state index is 0.0141. The molecule has 0 spiro atoms. The average molecular weight is 548 g/mol. The Balaban J connectivity index is 1.81. The molecule has 204 valence electrons. The number of sulfonamides is 1. The van der Waals surface area contributed by atoms with Crippen molar-refractivity contribution in [3.63, 3.8) is 0 Å². The molecule has 0 saturated carbocycles. The van der Waals surface area contributed by atoms with Gasteiger partial charge in [0.05, 0.1) is 4.90 Å². The highest BCUT2D eigenvalue weighted by Gasteiger charge is 2.26. The van der Waals surface area contributed by atoms with Gasteiger partial charge >= 0.3 is 0 Å². The zero-order valence-corrected chi connectivity index (χ0v) is 23.8. The Morgan fingerprint density at radius 1 is 1.00 bits per heavy atom. The van der Waals surface area contributed by atoms with Gasteiger partial charge in [0.1, 0.15) is 5.76 Å². The molecule has 1 N–H and O–H groups in total. The second-order valence-corrected chi connectivity index (χ2v) is 12.4. The quantitative estimate of drug-likeness (QED) is 0.304. The van der Waals surface area contributed by atoms with E-state index in [2.05, 4.69) is 19.8 Å². The first-order valence-electron chi connectivity index (χ1n) is 12.5. The zero-order chi connectivity index (χ0) is 28.4. The van der Waals surface area contributed by atoms with Crippen LogP contribution in [0.4, 0.5) is 5.82 Å². The van der Waals surface area contributed by atoms with Crippen LogP contribution in [0.25, 0.3) is 22.5 Å². The van der Waals surface area contributed by atoms with Crippen molar-refractivity contribution in [1.82, 2.24) is 20.0 Å². The summed E-state index contributed by atoms with van der Waals surface area (Å²) in [6.07, 6.45) is 3.60. The molecule has 9 nitrogen and oxygen atoms in total. The van der Waals surface area contributed by atoms with Gasteiger partial charge in [0.2, 0.25) is 5.91 Å². The van der Waals surface area contributed by atoms with Crippen LogP contribution in [0.2, 0.25) is 0 Å². The number of benzene rings is 2. The molecule has 4 rings (SSSR count). The largest absolute Gasteiger partial charge is 0.359 e. The summed E-state index contributed by atoms with van der Waals surface area (Å²) < 4.78 is 35.4. The summed E-state index contributed by atoms with van der Waals surface area (Å²) in [6, 6.07) is 14.3. The summed E-state index contributed by atoms with van der Waals surface area (Å²) in [5.41, 5.74) is 2.99. The Morgan fingerprint density at radius 2 is 1.69 bits per heavy atom. The van der Waals surface area contributed by atoms with E-state index < -0.39 is 10.0 Å². The molecular formula is C29H33N5O4S. The van der Waals surface area contributed by atoms with Crippen LogP contribution < -0.4 is 4.72 Å². The number of nitrogens with one attached hydrogen (secondary N) is 1. The fourth-order valence-electron chi connectivity index (χ4n) is 4.10. The van der Waals surface area contributed by atoms with Crippen molar-refractivity contribution in [3.05, 3.63) is 77.8 Å². The van der Waals surface area contributed by atoms with Crippen molar-refractivity contribution >= 4 is 21.7 Å². The van der Waals surface area contributed by atoms with Gasteiger partial charge in [0.25, 0.3) is 10.0 Å². The lowest BCUT2D eigenvalue weighted by Crippen LogP contribution is -2.29. The number of aryl methyl sites for hydroxylation is 1. The third-order valence-corrected chi connectivity index (χ3v) is 7.68. The molecule has 0 aliphatic carbocycles. The smallest absolute Gasteiger partial charge is 0.263 e. The van der Waals surface area contributed by atoms with Gasteiger partial charge in [-0.2, -0.15) is 0 Å². The van der Waals surface area contributed by atoms with E-state index in [9.17, 15) is 13.2 Å². The van der Waals surface area contributed by atoms with Crippen molar-refractivity contribution in [3.8, 4) is 22.5 Å². The van der Waals surface area contributed by atoms with Gasteiger partial charge in [-0.1, -0.05) is 62.3 Å². The predicted octanol–water partition coefficient (Wildman–Crippen LogP) is 5.61. The molecular weight excluding hydrogens is 514 g/mol. The van der Waals surface area contributed by atoms with Crippen LogP contribution >= 0.6 is 0 Å². The van der Waals surface area contributed by atoms with E-state index in [1.807, 2.05) is 45.0 Å². The first kappa shape index (κ1) is 28.0. The molecule has 10 heteroatoms. The Bertz CT molecular complexity index is 1590. The second kappa shape index (κ2) is 11.0. The number of carbonyl (C=O) groups is 1. The number of amides is 1. The molecule has 2 heterocycles. The van der Waals surface area contributed by atoms with Gasteiger partial charge in [-0.3, -0.25) is 9.52 Å². The highest BCUT2D eigenvalue weighted by atomic mass is 32.2. The van der Waals surface area contributed by atoms with Crippen LogP contribution in [-0.2, 0) is 21.4 Å². The van der Waals surface area contributed by atoms with Crippen LogP contribution in [0.1, 0.15) is 44.1 Å². The summed E-state index contributed by atoms with van der Waals surface area (Å²) in [5, 5.41) is 3.88. The molecule has 2 aromatic heterocycles. The van der Waals surface area contributed by atoms with Crippen LogP contribution in [0.3, 0.4) is 0 Å². The fraction of sp³-hybridized carbons (Fsp3) is 0.310. The van der Waals surface area contributed by atoms with E-state index in [1.54, 1.807) is 62.5 Å². The maximum Gasteiger partial charge on any atom is 0.263 e. The van der Waals surface area contributed by atoms with Gasteiger partial charge < -0.3 is 9.42 Å². The molecule has 0 aliphatic heterocycles. The molecule has 1 amide bonds. The van der Waals surface area contributed by atoms with Crippen molar-refractivity contribution in [2.45, 2.75) is 52.5 Å². The Morgan fingerprint density at radius 3 is 2.33 bits per heavy atom. The Kier molecular flexibility index (Phi) is 7.87. The fourth-order valence-corrected chi connectivity index (χ4v) is 5.41. The lowest BCUT2D eigenvalue weighted by atomic mass is 9.91. The summed E-state index contributed by atoms with van der Waals surface area (Å²) in [6.45, 7) is 9.83. The van der Waals surface area contributed by atoms with E-state index in [1.165, 1.54) is 0 Å². The van der Waals surface area contributed by atoms with Gasteiger partial charge in [-0.15, -0.1) is 0 Å². The zero-order valence-electron chi connectivity index (χ0n) is 23.0. The third kappa shape index (κ3) is 6.51. The van der Waals surface area contributed by atoms with Gasteiger partial charge in [0, 0.05) is 49.1 Å². The van der Waals surface area contributed by atoms with Crippen molar-refractivity contribution in [1.29, 1.82) is 0 Å². The predicted molar refractivity (Wildman–Crippen MR) is 150 cm³/mol.